The van der Waals surface area contributed by atoms with E-state index in [1.54, 1.807) is 0 Å². The summed E-state index contributed by atoms with van der Waals surface area (Å²) in [5, 5.41) is 0. The van der Waals surface area contributed by atoms with Gasteiger partial charge in [0.15, 0.2) is 0 Å². The van der Waals surface area contributed by atoms with Gasteiger partial charge in [-0.2, -0.15) is 0 Å². The maximum atomic E-state index is 5.89. The molecule has 1 aliphatic heterocycles. The zero-order chi connectivity index (χ0) is 11.0. The highest BCUT2D eigenvalue weighted by Gasteiger charge is 2.13. The van der Waals surface area contributed by atoms with Crippen molar-refractivity contribution in [3.8, 4) is 0 Å². The van der Waals surface area contributed by atoms with Crippen molar-refractivity contribution in [1.82, 2.24) is 14.3 Å². The van der Waals surface area contributed by atoms with Crippen molar-refractivity contribution in [3.05, 3.63) is 30.1 Å². The Balaban J connectivity index is 1.90. The van der Waals surface area contributed by atoms with E-state index in [4.69, 9.17) is 5.73 Å². The highest BCUT2D eigenvalue weighted by molar-refractivity contribution is 5.48. The highest BCUT2D eigenvalue weighted by atomic mass is 15.2. The molecule has 0 atom stereocenters. The Hall–Kier alpha value is -1.55. The summed E-state index contributed by atoms with van der Waals surface area (Å²) in [7, 11) is 0. The van der Waals surface area contributed by atoms with Gasteiger partial charge in [0.25, 0.3) is 0 Å². The van der Waals surface area contributed by atoms with Crippen molar-refractivity contribution in [2.24, 2.45) is 0 Å². The number of rotatable bonds is 2. The average Bonchev–Trinajstić information content (AvgIpc) is 2.88. The minimum atomic E-state index is 0.748. The lowest BCUT2D eigenvalue weighted by atomic mass is 10.4. The first kappa shape index (κ1) is 9.66. The molecule has 3 rings (SSSR count). The molecule has 0 aliphatic carbocycles. The quantitative estimate of drug-likeness (QED) is 0.827. The number of aromatic nitrogens is 2. The van der Waals surface area contributed by atoms with Gasteiger partial charge in [0.05, 0.1) is 5.69 Å². The topological polar surface area (TPSA) is 46.6 Å². The van der Waals surface area contributed by atoms with Crippen LogP contribution in [0.4, 0.5) is 5.82 Å². The third kappa shape index (κ3) is 1.65. The van der Waals surface area contributed by atoms with Crippen LogP contribution in [0.2, 0.25) is 0 Å². The minimum absolute atomic E-state index is 0.748. The van der Waals surface area contributed by atoms with Crippen LogP contribution in [0.25, 0.3) is 5.65 Å². The van der Waals surface area contributed by atoms with Crippen LogP contribution in [0.3, 0.4) is 0 Å². The third-order valence-electron chi connectivity index (χ3n) is 3.16. The molecule has 1 aliphatic rings. The van der Waals surface area contributed by atoms with Crippen LogP contribution in [-0.2, 0) is 6.54 Å². The first-order valence-corrected chi connectivity index (χ1v) is 5.78. The van der Waals surface area contributed by atoms with Crippen LogP contribution in [0.1, 0.15) is 18.5 Å². The first-order chi connectivity index (χ1) is 7.83. The molecule has 16 heavy (non-hydrogen) atoms. The summed E-state index contributed by atoms with van der Waals surface area (Å²) in [6.45, 7) is 3.34. The maximum Gasteiger partial charge on any atom is 0.138 e. The normalized spacial score (nSPS) is 17.2. The second kappa shape index (κ2) is 3.79. The van der Waals surface area contributed by atoms with Crippen molar-refractivity contribution >= 4 is 11.5 Å². The van der Waals surface area contributed by atoms with E-state index in [1.165, 1.54) is 25.9 Å². The Morgan fingerprint density at radius 2 is 2.06 bits per heavy atom. The van der Waals surface area contributed by atoms with Gasteiger partial charge in [0.1, 0.15) is 11.5 Å². The fourth-order valence-corrected chi connectivity index (χ4v) is 2.33. The highest BCUT2D eigenvalue weighted by Crippen LogP contribution is 2.14. The summed E-state index contributed by atoms with van der Waals surface area (Å²) in [6, 6.07) is 5.83. The van der Waals surface area contributed by atoms with Crippen LogP contribution in [0.15, 0.2) is 24.4 Å². The van der Waals surface area contributed by atoms with Crippen LogP contribution in [0, 0.1) is 0 Å². The smallest absolute Gasteiger partial charge is 0.138 e. The van der Waals surface area contributed by atoms with Gasteiger partial charge in [0.2, 0.25) is 0 Å². The Kier molecular flexibility index (Phi) is 2.29. The van der Waals surface area contributed by atoms with E-state index in [0.29, 0.717) is 0 Å². The molecule has 0 saturated carbocycles. The Bertz CT molecular complexity index is 497. The van der Waals surface area contributed by atoms with Gasteiger partial charge < -0.3 is 5.73 Å². The summed E-state index contributed by atoms with van der Waals surface area (Å²) >= 11 is 0. The van der Waals surface area contributed by atoms with Crippen LogP contribution in [0.5, 0.6) is 0 Å². The number of pyridine rings is 1. The SMILES string of the molecule is Nc1cccc2nc(CN3CCCC3)cn12. The molecule has 0 aromatic carbocycles. The summed E-state index contributed by atoms with van der Waals surface area (Å²) in [5.74, 6) is 0.748. The lowest BCUT2D eigenvalue weighted by molar-refractivity contribution is 0.328. The van der Waals surface area contributed by atoms with E-state index in [9.17, 15) is 0 Å². The summed E-state index contributed by atoms with van der Waals surface area (Å²) in [6.07, 6.45) is 4.67. The number of hydrogen-bond donors (Lipinski definition) is 1. The van der Waals surface area contributed by atoms with Crippen molar-refractivity contribution in [2.45, 2.75) is 19.4 Å². The molecule has 0 spiro atoms. The largest absolute Gasteiger partial charge is 0.385 e. The average molecular weight is 216 g/mol. The van der Waals surface area contributed by atoms with Crippen molar-refractivity contribution in [3.63, 3.8) is 0 Å². The molecule has 0 amide bonds. The number of likely N-dealkylation sites (tertiary alicyclic amines) is 1. The summed E-state index contributed by atoms with van der Waals surface area (Å²) in [5.41, 5.74) is 7.94. The molecule has 4 nitrogen and oxygen atoms in total. The van der Waals surface area contributed by atoms with Gasteiger partial charge in [-0.05, 0) is 38.1 Å². The molecule has 1 saturated heterocycles. The predicted octanol–water partition coefficient (Wildman–Crippen LogP) is 1.51. The monoisotopic (exact) mass is 216 g/mol. The zero-order valence-corrected chi connectivity index (χ0v) is 9.26. The molecule has 0 unspecified atom stereocenters. The fourth-order valence-electron chi connectivity index (χ4n) is 2.33. The van der Waals surface area contributed by atoms with Crippen LogP contribution >= 0.6 is 0 Å². The van der Waals surface area contributed by atoms with Crippen LogP contribution < -0.4 is 5.73 Å². The molecule has 0 radical (unpaired) electrons. The van der Waals surface area contributed by atoms with Crippen molar-refractivity contribution in [1.29, 1.82) is 0 Å². The first-order valence-electron chi connectivity index (χ1n) is 5.78. The number of hydrogen-bond acceptors (Lipinski definition) is 3. The van der Waals surface area contributed by atoms with E-state index < -0.39 is 0 Å². The predicted molar refractivity (Wildman–Crippen MR) is 64.1 cm³/mol. The number of nitrogen functional groups attached to an aromatic ring is 1. The molecule has 0 bridgehead atoms. The van der Waals surface area contributed by atoms with Gasteiger partial charge >= 0.3 is 0 Å². The van der Waals surface area contributed by atoms with Crippen LogP contribution in [-0.4, -0.2) is 27.4 Å². The Morgan fingerprint density at radius 3 is 2.81 bits per heavy atom. The fraction of sp³-hybridized carbons (Fsp3) is 0.417. The zero-order valence-electron chi connectivity index (χ0n) is 9.26. The number of nitrogens with zero attached hydrogens (tertiary/aromatic N) is 3. The molecule has 1 fully saturated rings. The van der Waals surface area contributed by atoms with Crippen molar-refractivity contribution in [2.75, 3.05) is 18.8 Å². The molecule has 2 aromatic heterocycles. The Morgan fingerprint density at radius 1 is 1.25 bits per heavy atom. The lowest BCUT2D eigenvalue weighted by Gasteiger charge is -2.11. The minimum Gasteiger partial charge on any atom is -0.385 e. The molecule has 4 heteroatoms. The summed E-state index contributed by atoms with van der Waals surface area (Å²) in [4.78, 5) is 7.02. The molecule has 3 heterocycles. The number of fused-ring (bicyclic) bond motifs is 1. The number of anilines is 1. The number of imidazole rings is 1. The lowest BCUT2D eigenvalue weighted by Crippen LogP contribution is -2.18. The van der Waals surface area contributed by atoms with Gasteiger partial charge in [0, 0.05) is 12.7 Å². The number of nitrogens with two attached hydrogens (primary N) is 1. The molecule has 2 aromatic rings. The maximum absolute atomic E-state index is 5.89. The van der Waals surface area contributed by atoms with E-state index in [-0.39, 0.29) is 0 Å². The van der Waals surface area contributed by atoms with Crippen molar-refractivity contribution < 1.29 is 0 Å². The molecule has 84 valence electrons. The molecular formula is C12H16N4. The summed E-state index contributed by atoms with van der Waals surface area (Å²) < 4.78 is 1.95. The third-order valence-corrected chi connectivity index (χ3v) is 3.16. The van der Waals surface area contributed by atoms with Gasteiger partial charge in [-0.25, -0.2) is 4.98 Å². The van der Waals surface area contributed by atoms with E-state index in [0.717, 1.165) is 23.7 Å². The molecular weight excluding hydrogens is 200 g/mol. The van der Waals surface area contributed by atoms with E-state index in [2.05, 4.69) is 9.88 Å². The molecule has 2 N–H and O–H groups in total. The van der Waals surface area contributed by atoms with Gasteiger partial charge in [-0.15, -0.1) is 0 Å². The van der Waals surface area contributed by atoms with Gasteiger partial charge in [-0.3, -0.25) is 9.30 Å². The second-order valence-corrected chi connectivity index (χ2v) is 4.39. The Labute approximate surface area is 94.7 Å². The van der Waals surface area contributed by atoms with E-state index >= 15 is 0 Å². The standard InChI is InChI=1S/C12H16N4/c13-11-4-3-5-12-14-10(9-16(11)12)8-15-6-1-2-7-15/h3-5,9H,1-2,6-8,13H2. The second-order valence-electron chi connectivity index (χ2n) is 4.39. The van der Waals surface area contributed by atoms with E-state index in [1.807, 2.05) is 28.8 Å². The van der Waals surface area contributed by atoms with Gasteiger partial charge in [-0.1, -0.05) is 6.07 Å².